The molecule has 2 N–H and O–H groups in total. The maximum atomic E-state index is 11.5. The largest absolute Gasteiger partial charge is 0.465 e. The normalized spacial score (nSPS) is 13.7. The van der Waals surface area contributed by atoms with Gasteiger partial charge in [-0.05, 0) is 20.8 Å². The third-order valence-electron chi connectivity index (χ3n) is 2.12. The molecule has 0 aromatic carbocycles. The topological polar surface area (TPSA) is 86.5 Å². The molecule has 1 atom stereocenters. The summed E-state index contributed by atoms with van der Waals surface area (Å²) in [5, 5.41) is -0.359. The van der Waals surface area contributed by atoms with Crippen LogP contribution in [0.5, 0.6) is 0 Å². The molecule has 0 saturated heterocycles. The Labute approximate surface area is 107 Å². The lowest BCUT2D eigenvalue weighted by molar-refractivity contribution is -0.144. The van der Waals surface area contributed by atoms with E-state index < -0.39 is 21.8 Å². The molecule has 0 aromatic heterocycles. The summed E-state index contributed by atoms with van der Waals surface area (Å²) in [6, 6.07) is -0.679. The smallest absolute Gasteiger partial charge is 0.323 e. The minimum absolute atomic E-state index is 0.116. The number of rotatable bonds is 8. The Bertz CT molecular complexity index is 327. The molecule has 0 spiro atoms. The van der Waals surface area contributed by atoms with Gasteiger partial charge in [0.05, 0.1) is 17.6 Å². The molecule has 0 radical (unpaired) electrons. The van der Waals surface area contributed by atoms with Crippen LogP contribution in [-0.4, -0.2) is 49.5 Å². The van der Waals surface area contributed by atoms with E-state index in [2.05, 4.69) is 0 Å². The molecule has 0 aliphatic rings. The highest BCUT2D eigenvalue weighted by atomic mass is 32.2. The Morgan fingerprint density at radius 3 is 2.47 bits per heavy atom. The van der Waals surface area contributed by atoms with Gasteiger partial charge in [-0.25, -0.2) is 8.42 Å². The lowest BCUT2D eigenvalue weighted by atomic mass is 10.4. The summed E-state index contributed by atoms with van der Waals surface area (Å²) in [4.78, 5) is 11.2. The number of sulfone groups is 1. The number of hydrogen-bond donors (Lipinski definition) is 1. The van der Waals surface area contributed by atoms with E-state index in [-0.39, 0.29) is 11.0 Å². The molecular formula is C10H21NO4S2. The maximum absolute atomic E-state index is 11.5. The minimum Gasteiger partial charge on any atom is -0.465 e. The van der Waals surface area contributed by atoms with Crippen molar-refractivity contribution in [2.24, 2.45) is 5.73 Å². The third-order valence-corrected chi connectivity index (χ3v) is 5.67. The first-order valence-electron chi connectivity index (χ1n) is 5.52. The van der Waals surface area contributed by atoms with E-state index >= 15 is 0 Å². The molecule has 0 bridgehead atoms. The van der Waals surface area contributed by atoms with Crippen LogP contribution in [0.1, 0.15) is 20.8 Å². The molecule has 0 aromatic rings. The molecule has 0 saturated carbocycles. The molecule has 1 unspecified atom stereocenters. The zero-order chi connectivity index (χ0) is 13.5. The van der Waals surface area contributed by atoms with Crippen molar-refractivity contribution in [2.45, 2.75) is 32.1 Å². The maximum Gasteiger partial charge on any atom is 0.323 e. The van der Waals surface area contributed by atoms with Crippen LogP contribution in [0.2, 0.25) is 0 Å². The summed E-state index contributed by atoms with van der Waals surface area (Å²) in [6.07, 6.45) is 0. The van der Waals surface area contributed by atoms with Gasteiger partial charge in [-0.2, -0.15) is 11.8 Å². The van der Waals surface area contributed by atoms with Crippen LogP contribution in [0.15, 0.2) is 0 Å². The Morgan fingerprint density at radius 1 is 1.41 bits per heavy atom. The average Bonchev–Trinajstić information content (AvgIpc) is 2.24. The second-order valence-corrected chi connectivity index (χ2v) is 7.68. The zero-order valence-corrected chi connectivity index (χ0v) is 12.1. The first kappa shape index (κ1) is 16.7. The van der Waals surface area contributed by atoms with Crippen molar-refractivity contribution in [1.82, 2.24) is 0 Å². The molecule has 5 nitrogen and oxygen atoms in total. The minimum atomic E-state index is -3.00. The molecular weight excluding hydrogens is 262 g/mol. The SMILES string of the molecule is CCOC(=O)C(N)CSCCS(=O)(=O)C(C)C. The van der Waals surface area contributed by atoms with Crippen molar-refractivity contribution in [1.29, 1.82) is 0 Å². The Morgan fingerprint density at radius 2 is 2.00 bits per heavy atom. The highest BCUT2D eigenvalue weighted by molar-refractivity contribution is 8.00. The van der Waals surface area contributed by atoms with Crippen LogP contribution < -0.4 is 5.73 Å². The highest BCUT2D eigenvalue weighted by Crippen LogP contribution is 2.08. The Hall–Kier alpha value is -0.270. The van der Waals surface area contributed by atoms with Gasteiger partial charge in [-0.1, -0.05) is 0 Å². The van der Waals surface area contributed by atoms with Gasteiger partial charge in [0.15, 0.2) is 9.84 Å². The number of carbonyl (C=O) groups excluding carboxylic acids is 1. The summed E-state index contributed by atoms with van der Waals surface area (Å²) in [6.45, 7) is 5.33. The van der Waals surface area contributed by atoms with Gasteiger partial charge in [0, 0.05) is 11.5 Å². The monoisotopic (exact) mass is 283 g/mol. The third kappa shape index (κ3) is 6.90. The van der Waals surface area contributed by atoms with Gasteiger partial charge >= 0.3 is 5.97 Å². The molecule has 0 rings (SSSR count). The van der Waals surface area contributed by atoms with Crippen molar-refractivity contribution < 1.29 is 17.9 Å². The first-order valence-corrected chi connectivity index (χ1v) is 8.39. The van der Waals surface area contributed by atoms with Gasteiger partial charge < -0.3 is 10.5 Å². The van der Waals surface area contributed by atoms with E-state index in [1.54, 1.807) is 20.8 Å². The molecule has 0 aliphatic heterocycles. The molecule has 0 amide bonds. The fourth-order valence-electron chi connectivity index (χ4n) is 0.938. The van der Waals surface area contributed by atoms with Gasteiger partial charge in [0.2, 0.25) is 0 Å². The van der Waals surface area contributed by atoms with Crippen LogP contribution in [0.3, 0.4) is 0 Å². The average molecular weight is 283 g/mol. The van der Waals surface area contributed by atoms with Gasteiger partial charge in [0.1, 0.15) is 6.04 Å². The predicted octanol–water partition coefficient (Wildman–Crippen LogP) is 0.433. The molecule has 102 valence electrons. The first-order chi connectivity index (χ1) is 7.81. The highest BCUT2D eigenvalue weighted by Gasteiger charge is 2.17. The van der Waals surface area contributed by atoms with E-state index in [1.165, 1.54) is 11.8 Å². The second kappa shape index (κ2) is 7.94. The summed E-state index contributed by atoms with van der Waals surface area (Å²) >= 11 is 1.35. The van der Waals surface area contributed by atoms with Crippen molar-refractivity contribution in [3.63, 3.8) is 0 Å². The van der Waals surface area contributed by atoms with Crippen LogP contribution >= 0.6 is 11.8 Å². The molecule has 7 heteroatoms. The molecule has 17 heavy (non-hydrogen) atoms. The molecule has 0 fully saturated rings. The van der Waals surface area contributed by atoms with Crippen LogP contribution in [-0.2, 0) is 19.4 Å². The second-order valence-electron chi connectivity index (χ2n) is 3.85. The summed E-state index contributed by atoms with van der Waals surface area (Å²) in [5.74, 6) is 0.511. The van der Waals surface area contributed by atoms with Gasteiger partial charge in [0.25, 0.3) is 0 Å². The van der Waals surface area contributed by atoms with E-state index in [0.717, 1.165) is 0 Å². The van der Waals surface area contributed by atoms with Crippen molar-refractivity contribution in [2.75, 3.05) is 23.9 Å². The van der Waals surface area contributed by atoms with Crippen LogP contribution in [0.4, 0.5) is 0 Å². The Kier molecular flexibility index (Phi) is 7.82. The zero-order valence-electron chi connectivity index (χ0n) is 10.5. The number of hydrogen-bond acceptors (Lipinski definition) is 6. The number of thioether (sulfide) groups is 1. The number of ether oxygens (including phenoxy) is 1. The van der Waals surface area contributed by atoms with E-state index in [9.17, 15) is 13.2 Å². The summed E-state index contributed by atoms with van der Waals surface area (Å²) in [5.41, 5.74) is 5.57. The van der Waals surface area contributed by atoms with Crippen LogP contribution in [0, 0.1) is 0 Å². The van der Waals surface area contributed by atoms with Crippen molar-refractivity contribution in [3.05, 3.63) is 0 Å². The standard InChI is InChI=1S/C10H21NO4S2/c1-4-15-10(12)9(11)7-16-5-6-17(13,14)8(2)3/h8-9H,4-7,11H2,1-3H3. The van der Waals surface area contributed by atoms with E-state index in [0.29, 0.717) is 18.1 Å². The fraction of sp³-hybridized carbons (Fsp3) is 0.900. The van der Waals surface area contributed by atoms with Gasteiger partial charge in [-0.15, -0.1) is 0 Å². The van der Waals surface area contributed by atoms with Crippen molar-refractivity contribution >= 4 is 27.6 Å². The predicted molar refractivity (Wildman–Crippen MR) is 70.9 cm³/mol. The molecule has 0 aliphatic carbocycles. The quantitative estimate of drug-likeness (QED) is 0.513. The van der Waals surface area contributed by atoms with E-state index in [1.807, 2.05) is 0 Å². The van der Waals surface area contributed by atoms with Crippen LogP contribution in [0.25, 0.3) is 0 Å². The number of esters is 1. The number of carbonyl (C=O) groups is 1. The van der Waals surface area contributed by atoms with Gasteiger partial charge in [-0.3, -0.25) is 4.79 Å². The lowest BCUT2D eigenvalue weighted by Gasteiger charge is -2.10. The van der Waals surface area contributed by atoms with Crippen molar-refractivity contribution in [3.8, 4) is 0 Å². The Balaban J connectivity index is 3.83. The summed E-state index contributed by atoms with van der Waals surface area (Å²) < 4.78 is 27.7. The number of nitrogens with two attached hydrogens (primary N) is 1. The van der Waals surface area contributed by atoms with E-state index in [4.69, 9.17) is 10.5 Å². The lowest BCUT2D eigenvalue weighted by Crippen LogP contribution is -2.35. The fourth-order valence-corrected chi connectivity index (χ4v) is 3.37. The summed E-state index contributed by atoms with van der Waals surface area (Å²) in [7, 11) is -3.00. The molecule has 0 heterocycles.